The second-order valence-electron chi connectivity index (χ2n) is 6.29. The molecule has 0 saturated heterocycles. The molecule has 0 aromatic heterocycles. The maximum absolute atomic E-state index is 3.51. The van der Waals surface area contributed by atoms with Gasteiger partial charge in [-0.1, -0.05) is 24.6 Å². The third-order valence-electron chi connectivity index (χ3n) is 4.60. The lowest BCUT2D eigenvalue weighted by atomic mass is 9.78. The molecule has 0 heterocycles. The number of hydrogen-bond acceptors (Lipinski definition) is 2. The van der Waals surface area contributed by atoms with E-state index in [4.69, 9.17) is 0 Å². The van der Waals surface area contributed by atoms with Gasteiger partial charge in [0.15, 0.2) is 0 Å². The fourth-order valence-electron chi connectivity index (χ4n) is 3.34. The number of nitrogens with one attached hydrogen (secondary N) is 1. The van der Waals surface area contributed by atoms with Crippen LogP contribution in [0.1, 0.15) is 31.7 Å². The van der Waals surface area contributed by atoms with E-state index >= 15 is 0 Å². The summed E-state index contributed by atoms with van der Waals surface area (Å²) < 4.78 is 0. The Balaban J connectivity index is 1.99. The second kappa shape index (κ2) is 6.42. The van der Waals surface area contributed by atoms with Crippen LogP contribution < -0.4 is 10.2 Å². The zero-order chi connectivity index (χ0) is 13.8. The maximum Gasteiger partial charge on any atom is 0.0363 e. The smallest absolute Gasteiger partial charge is 0.0363 e. The van der Waals surface area contributed by atoms with Crippen LogP contribution in [0, 0.1) is 18.8 Å². The Morgan fingerprint density at radius 1 is 1.21 bits per heavy atom. The summed E-state index contributed by atoms with van der Waals surface area (Å²) in [7, 11) is 4.33. The molecule has 0 radical (unpaired) electrons. The average molecular weight is 260 g/mol. The van der Waals surface area contributed by atoms with Crippen LogP contribution in [0.3, 0.4) is 0 Å². The van der Waals surface area contributed by atoms with Crippen molar-refractivity contribution >= 4 is 5.69 Å². The Bertz CT molecular complexity index is 385. The third-order valence-corrected chi connectivity index (χ3v) is 4.60. The van der Waals surface area contributed by atoms with Crippen molar-refractivity contribution in [1.29, 1.82) is 0 Å². The topological polar surface area (TPSA) is 15.3 Å². The summed E-state index contributed by atoms with van der Waals surface area (Å²) in [5.41, 5.74) is 2.66. The summed E-state index contributed by atoms with van der Waals surface area (Å²) in [6.07, 6.45) is 4.04. The predicted molar refractivity (Wildman–Crippen MR) is 83.8 cm³/mol. The fourth-order valence-corrected chi connectivity index (χ4v) is 3.34. The van der Waals surface area contributed by atoms with Crippen LogP contribution in [0.4, 0.5) is 5.69 Å². The largest absolute Gasteiger partial charge is 0.374 e. The van der Waals surface area contributed by atoms with Crippen LogP contribution in [-0.2, 0) is 0 Å². The summed E-state index contributed by atoms with van der Waals surface area (Å²) in [5, 5.41) is 3.51. The lowest BCUT2D eigenvalue weighted by Gasteiger charge is -2.37. The molecule has 3 atom stereocenters. The molecule has 3 unspecified atom stereocenters. The van der Waals surface area contributed by atoms with E-state index in [1.54, 1.807) is 0 Å². The molecular weight excluding hydrogens is 232 g/mol. The van der Waals surface area contributed by atoms with Gasteiger partial charge in [0.1, 0.15) is 0 Å². The highest BCUT2D eigenvalue weighted by atomic mass is 15.1. The van der Waals surface area contributed by atoms with Gasteiger partial charge in [0.2, 0.25) is 0 Å². The minimum atomic E-state index is 0.684. The van der Waals surface area contributed by atoms with Gasteiger partial charge in [-0.15, -0.1) is 0 Å². The number of hydrogen-bond donors (Lipinski definition) is 1. The van der Waals surface area contributed by atoms with E-state index in [2.05, 4.69) is 62.4 Å². The number of aryl methyl sites for hydroxylation is 1. The molecule has 0 spiro atoms. The van der Waals surface area contributed by atoms with Crippen molar-refractivity contribution < 1.29 is 0 Å². The molecule has 1 aliphatic rings. The van der Waals surface area contributed by atoms with Gasteiger partial charge < -0.3 is 10.2 Å². The van der Waals surface area contributed by atoms with Crippen LogP contribution >= 0.6 is 0 Å². The Hall–Kier alpha value is -1.02. The average Bonchev–Trinajstić information content (AvgIpc) is 2.39. The van der Waals surface area contributed by atoms with E-state index in [1.165, 1.54) is 30.5 Å². The number of rotatable bonds is 4. The SMILES string of the molecule is CNC1CCC(C)CC1CN(C)c1ccc(C)cc1. The van der Waals surface area contributed by atoms with Crippen molar-refractivity contribution in [2.24, 2.45) is 11.8 Å². The molecule has 2 rings (SSSR count). The van der Waals surface area contributed by atoms with Crippen LogP contribution in [0.2, 0.25) is 0 Å². The summed E-state index contributed by atoms with van der Waals surface area (Å²) >= 11 is 0. The van der Waals surface area contributed by atoms with Crippen LogP contribution in [0.25, 0.3) is 0 Å². The Morgan fingerprint density at radius 3 is 2.53 bits per heavy atom. The van der Waals surface area contributed by atoms with Crippen LogP contribution in [0.15, 0.2) is 24.3 Å². The Kier molecular flexibility index (Phi) is 4.87. The zero-order valence-corrected chi connectivity index (χ0v) is 12.8. The first-order valence-electron chi connectivity index (χ1n) is 7.55. The monoisotopic (exact) mass is 260 g/mol. The van der Waals surface area contributed by atoms with Gasteiger partial charge in [-0.2, -0.15) is 0 Å². The summed E-state index contributed by atoms with van der Waals surface area (Å²) in [4.78, 5) is 2.41. The van der Waals surface area contributed by atoms with Crippen LogP contribution in [0.5, 0.6) is 0 Å². The zero-order valence-electron chi connectivity index (χ0n) is 12.8. The highest BCUT2D eigenvalue weighted by Crippen LogP contribution is 2.30. The molecule has 2 heteroatoms. The molecule has 1 aromatic rings. The molecule has 106 valence electrons. The van der Waals surface area contributed by atoms with Crippen LogP contribution in [-0.4, -0.2) is 26.7 Å². The van der Waals surface area contributed by atoms with Gasteiger partial charge >= 0.3 is 0 Å². The van der Waals surface area contributed by atoms with E-state index in [1.807, 2.05) is 0 Å². The first-order chi connectivity index (χ1) is 9.10. The van der Waals surface area contributed by atoms with Gasteiger partial charge in [-0.25, -0.2) is 0 Å². The van der Waals surface area contributed by atoms with Crippen molar-refractivity contribution in [2.45, 2.75) is 39.2 Å². The lowest BCUT2D eigenvalue weighted by molar-refractivity contribution is 0.225. The van der Waals surface area contributed by atoms with E-state index in [9.17, 15) is 0 Å². The van der Waals surface area contributed by atoms with E-state index in [0.717, 1.165) is 18.4 Å². The van der Waals surface area contributed by atoms with Gasteiger partial charge in [0.05, 0.1) is 0 Å². The predicted octanol–water partition coefficient (Wildman–Crippen LogP) is 3.46. The van der Waals surface area contributed by atoms with E-state index in [-0.39, 0.29) is 0 Å². The van der Waals surface area contributed by atoms with E-state index < -0.39 is 0 Å². The molecular formula is C17H28N2. The Morgan fingerprint density at radius 2 is 1.89 bits per heavy atom. The minimum Gasteiger partial charge on any atom is -0.374 e. The van der Waals surface area contributed by atoms with Crippen molar-refractivity contribution in [2.75, 3.05) is 25.5 Å². The highest BCUT2D eigenvalue weighted by Gasteiger charge is 2.28. The summed E-state index contributed by atoms with van der Waals surface area (Å²) in [5.74, 6) is 1.64. The maximum atomic E-state index is 3.51. The first-order valence-corrected chi connectivity index (χ1v) is 7.55. The third kappa shape index (κ3) is 3.73. The quantitative estimate of drug-likeness (QED) is 0.892. The van der Waals surface area contributed by atoms with Crippen molar-refractivity contribution in [3.05, 3.63) is 29.8 Å². The normalized spacial score (nSPS) is 27.3. The van der Waals surface area contributed by atoms with Crippen molar-refractivity contribution in [1.82, 2.24) is 5.32 Å². The van der Waals surface area contributed by atoms with Gasteiger partial charge in [-0.05, 0) is 57.2 Å². The molecule has 1 saturated carbocycles. The molecule has 19 heavy (non-hydrogen) atoms. The lowest BCUT2D eigenvalue weighted by Crippen LogP contribution is -2.43. The van der Waals surface area contributed by atoms with Crippen molar-refractivity contribution in [3.63, 3.8) is 0 Å². The number of anilines is 1. The molecule has 1 N–H and O–H groups in total. The standard InChI is InChI=1S/C17H28N2/c1-13-5-8-16(9-6-13)19(4)12-15-11-14(2)7-10-17(15)18-3/h5-6,8-9,14-15,17-18H,7,10-12H2,1-4H3. The summed E-state index contributed by atoms with van der Waals surface area (Å²) in [6, 6.07) is 9.55. The minimum absolute atomic E-state index is 0.684. The molecule has 0 amide bonds. The van der Waals surface area contributed by atoms with Crippen molar-refractivity contribution in [3.8, 4) is 0 Å². The highest BCUT2D eigenvalue weighted by molar-refractivity contribution is 5.46. The molecule has 0 bridgehead atoms. The van der Waals surface area contributed by atoms with Gasteiger partial charge in [0, 0.05) is 25.3 Å². The summed E-state index contributed by atoms with van der Waals surface area (Å²) in [6.45, 7) is 5.69. The molecule has 1 aliphatic carbocycles. The van der Waals surface area contributed by atoms with Gasteiger partial charge in [0.25, 0.3) is 0 Å². The molecule has 0 aliphatic heterocycles. The fraction of sp³-hybridized carbons (Fsp3) is 0.647. The van der Waals surface area contributed by atoms with E-state index in [0.29, 0.717) is 6.04 Å². The first kappa shape index (κ1) is 14.4. The Labute approximate surface area is 118 Å². The molecule has 1 aromatic carbocycles. The van der Waals surface area contributed by atoms with Gasteiger partial charge in [-0.3, -0.25) is 0 Å². The second-order valence-corrected chi connectivity index (χ2v) is 6.29. The molecule has 1 fully saturated rings. The molecule has 2 nitrogen and oxygen atoms in total. The number of nitrogens with zero attached hydrogens (tertiary/aromatic N) is 1. The number of benzene rings is 1.